The fraction of sp³-hybridized carbons (Fsp3) is 0.750. The third-order valence-electron chi connectivity index (χ3n) is 3.14. The Hall–Kier alpha value is -0.870. The Bertz CT molecular complexity index is 311. The van der Waals surface area contributed by atoms with Crippen LogP contribution in [0.25, 0.3) is 0 Å². The molecular weight excluding hydrogens is 202 g/mol. The summed E-state index contributed by atoms with van der Waals surface area (Å²) < 4.78 is 1.82. The molecular formula is C12H23N3O. The molecule has 0 saturated carbocycles. The van der Waals surface area contributed by atoms with Gasteiger partial charge >= 0.3 is 0 Å². The van der Waals surface area contributed by atoms with E-state index in [4.69, 9.17) is 5.11 Å². The lowest BCUT2D eigenvalue weighted by Crippen LogP contribution is -2.36. The lowest BCUT2D eigenvalue weighted by atomic mass is 10.0. The van der Waals surface area contributed by atoms with Gasteiger partial charge in [0.2, 0.25) is 0 Å². The number of nitrogens with one attached hydrogen (secondary N) is 1. The first-order valence-corrected chi connectivity index (χ1v) is 5.93. The van der Waals surface area contributed by atoms with Crippen LogP contribution in [0.4, 0.5) is 0 Å². The number of nitrogens with zero attached hydrogens (tertiary/aromatic N) is 2. The zero-order valence-electron chi connectivity index (χ0n) is 10.6. The predicted molar refractivity (Wildman–Crippen MR) is 65.1 cm³/mol. The number of aliphatic hydroxyl groups is 1. The second-order valence-electron chi connectivity index (χ2n) is 4.52. The highest BCUT2D eigenvalue weighted by Gasteiger charge is 2.17. The van der Waals surface area contributed by atoms with Gasteiger partial charge in [0.15, 0.2) is 0 Å². The van der Waals surface area contributed by atoms with Crippen molar-refractivity contribution in [1.29, 1.82) is 0 Å². The second-order valence-corrected chi connectivity index (χ2v) is 4.52. The number of hydrogen-bond acceptors (Lipinski definition) is 3. The highest BCUT2D eigenvalue weighted by Crippen LogP contribution is 2.17. The summed E-state index contributed by atoms with van der Waals surface area (Å²) in [5.74, 6) is 0.269. The Morgan fingerprint density at radius 3 is 2.62 bits per heavy atom. The van der Waals surface area contributed by atoms with Crippen LogP contribution in [0.5, 0.6) is 0 Å². The molecule has 3 atom stereocenters. The van der Waals surface area contributed by atoms with Crippen molar-refractivity contribution in [3.8, 4) is 0 Å². The lowest BCUT2D eigenvalue weighted by molar-refractivity contribution is 0.200. The van der Waals surface area contributed by atoms with Gasteiger partial charge in [-0.3, -0.25) is 4.68 Å². The van der Waals surface area contributed by atoms with Crippen LogP contribution in [0, 0.1) is 5.92 Å². The largest absolute Gasteiger partial charge is 0.396 e. The summed E-state index contributed by atoms with van der Waals surface area (Å²) in [7, 11) is 1.93. The van der Waals surface area contributed by atoms with E-state index in [1.165, 1.54) is 5.56 Å². The van der Waals surface area contributed by atoms with Gasteiger partial charge < -0.3 is 10.4 Å². The average Bonchev–Trinajstić information content (AvgIpc) is 2.71. The highest BCUT2D eigenvalue weighted by molar-refractivity contribution is 5.10. The Morgan fingerprint density at radius 2 is 2.19 bits per heavy atom. The van der Waals surface area contributed by atoms with Gasteiger partial charge in [0.1, 0.15) is 0 Å². The molecule has 0 radical (unpaired) electrons. The molecule has 92 valence electrons. The molecule has 4 nitrogen and oxygen atoms in total. The summed E-state index contributed by atoms with van der Waals surface area (Å²) in [6.45, 7) is 6.53. The standard InChI is InChI=1S/C12H23N3O/c1-5-12(11-6-13-15(4)7-11)14-10(3)9(2)8-16/h6-7,9-10,12,14,16H,5,8H2,1-4H3. The van der Waals surface area contributed by atoms with Crippen LogP contribution in [-0.2, 0) is 7.05 Å². The predicted octanol–water partition coefficient (Wildman–Crippen LogP) is 1.48. The van der Waals surface area contributed by atoms with Crippen molar-refractivity contribution >= 4 is 0 Å². The van der Waals surface area contributed by atoms with Crippen molar-refractivity contribution in [3.63, 3.8) is 0 Å². The molecule has 3 unspecified atom stereocenters. The van der Waals surface area contributed by atoms with E-state index in [2.05, 4.69) is 24.3 Å². The molecule has 0 spiro atoms. The van der Waals surface area contributed by atoms with Crippen LogP contribution in [0.15, 0.2) is 12.4 Å². The van der Waals surface area contributed by atoms with Crippen molar-refractivity contribution in [2.45, 2.75) is 39.3 Å². The third kappa shape index (κ3) is 3.32. The third-order valence-corrected chi connectivity index (χ3v) is 3.14. The number of aryl methyl sites for hydroxylation is 1. The number of rotatable bonds is 6. The molecule has 1 aromatic rings. The van der Waals surface area contributed by atoms with Crippen LogP contribution in [0.3, 0.4) is 0 Å². The zero-order chi connectivity index (χ0) is 12.1. The van der Waals surface area contributed by atoms with E-state index in [-0.39, 0.29) is 12.5 Å². The Labute approximate surface area is 97.7 Å². The van der Waals surface area contributed by atoms with E-state index in [0.717, 1.165) is 6.42 Å². The maximum atomic E-state index is 9.11. The van der Waals surface area contributed by atoms with Gasteiger partial charge in [-0.2, -0.15) is 5.10 Å². The maximum Gasteiger partial charge on any atom is 0.0537 e. The topological polar surface area (TPSA) is 50.1 Å². The minimum absolute atomic E-state index is 0.220. The van der Waals surface area contributed by atoms with Gasteiger partial charge in [-0.15, -0.1) is 0 Å². The molecule has 0 saturated heterocycles. The van der Waals surface area contributed by atoms with Gasteiger partial charge in [-0.25, -0.2) is 0 Å². The summed E-state index contributed by atoms with van der Waals surface area (Å²) >= 11 is 0. The van der Waals surface area contributed by atoms with Crippen LogP contribution in [0.1, 0.15) is 38.8 Å². The SMILES string of the molecule is CCC(NC(C)C(C)CO)c1cnn(C)c1. The molecule has 0 aromatic carbocycles. The Morgan fingerprint density at radius 1 is 1.50 bits per heavy atom. The van der Waals surface area contributed by atoms with Crippen molar-refractivity contribution < 1.29 is 5.11 Å². The second kappa shape index (κ2) is 6.01. The van der Waals surface area contributed by atoms with E-state index in [1.54, 1.807) is 0 Å². The number of hydrogen-bond donors (Lipinski definition) is 2. The van der Waals surface area contributed by atoms with Crippen LogP contribution in [-0.4, -0.2) is 27.5 Å². The monoisotopic (exact) mass is 225 g/mol. The molecule has 0 aliphatic heterocycles. The first-order chi connectivity index (χ1) is 7.58. The molecule has 1 heterocycles. The van der Waals surface area contributed by atoms with Gasteiger partial charge in [0.25, 0.3) is 0 Å². The summed E-state index contributed by atoms with van der Waals surface area (Å²) in [6.07, 6.45) is 4.96. The normalized spacial score (nSPS) is 17.1. The van der Waals surface area contributed by atoms with Gasteiger partial charge in [0.05, 0.1) is 6.20 Å². The molecule has 0 fully saturated rings. The number of aromatic nitrogens is 2. The number of aliphatic hydroxyl groups excluding tert-OH is 1. The summed E-state index contributed by atoms with van der Waals surface area (Å²) in [5, 5.41) is 16.8. The molecule has 0 aliphatic carbocycles. The molecule has 2 N–H and O–H groups in total. The molecule has 1 aromatic heterocycles. The average molecular weight is 225 g/mol. The minimum Gasteiger partial charge on any atom is -0.396 e. The van der Waals surface area contributed by atoms with Crippen molar-refractivity contribution in [2.24, 2.45) is 13.0 Å². The fourth-order valence-corrected chi connectivity index (χ4v) is 1.71. The van der Waals surface area contributed by atoms with Gasteiger partial charge in [-0.05, 0) is 19.3 Å². The Balaban J connectivity index is 2.62. The Kier molecular flexibility index (Phi) is 4.96. The summed E-state index contributed by atoms with van der Waals surface area (Å²) in [6, 6.07) is 0.618. The van der Waals surface area contributed by atoms with E-state index >= 15 is 0 Å². The van der Waals surface area contributed by atoms with Crippen molar-refractivity contribution in [2.75, 3.05) is 6.61 Å². The first-order valence-electron chi connectivity index (χ1n) is 5.93. The van der Waals surface area contributed by atoms with Crippen LogP contribution >= 0.6 is 0 Å². The van der Waals surface area contributed by atoms with Crippen molar-refractivity contribution in [1.82, 2.24) is 15.1 Å². The molecule has 4 heteroatoms. The van der Waals surface area contributed by atoms with Crippen LogP contribution < -0.4 is 5.32 Å². The van der Waals surface area contributed by atoms with Crippen molar-refractivity contribution in [3.05, 3.63) is 18.0 Å². The summed E-state index contributed by atoms with van der Waals surface area (Å²) in [4.78, 5) is 0. The van der Waals surface area contributed by atoms with E-state index < -0.39 is 0 Å². The molecule has 16 heavy (non-hydrogen) atoms. The maximum absolute atomic E-state index is 9.11. The summed E-state index contributed by atoms with van der Waals surface area (Å²) in [5.41, 5.74) is 1.21. The van der Waals surface area contributed by atoms with Gasteiger partial charge in [-0.1, -0.05) is 13.8 Å². The molecule has 0 aliphatic rings. The highest BCUT2D eigenvalue weighted by atomic mass is 16.3. The molecule has 1 rings (SSSR count). The van der Waals surface area contributed by atoms with E-state index in [1.807, 2.05) is 31.0 Å². The minimum atomic E-state index is 0.220. The van der Waals surface area contributed by atoms with Crippen LogP contribution in [0.2, 0.25) is 0 Å². The smallest absolute Gasteiger partial charge is 0.0537 e. The molecule has 0 amide bonds. The lowest BCUT2D eigenvalue weighted by Gasteiger charge is -2.25. The quantitative estimate of drug-likeness (QED) is 0.771. The zero-order valence-corrected chi connectivity index (χ0v) is 10.6. The van der Waals surface area contributed by atoms with Gasteiger partial charge in [0, 0.05) is 37.5 Å². The van der Waals surface area contributed by atoms with E-state index in [9.17, 15) is 0 Å². The molecule has 0 bridgehead atoms. The fourth-order valence-electron chi connectivity index (χ4n) is 1.71. The first kappa shape index (κ1) is 13.2. The van der Waals surface area contributed by atoms with E-state index in [0.29, 0.717) is 12.1 Å².